The summed E-state index contributed by atoms with van der Waals surface area (Å²) in [6.07, 6.45) is 5.03. The first-order chi connectivity index (χ1) is 5.90. The van der Waals surface area contributed by atoms with Crippen LogP contribution in [0.5, 0.6) is 0 Å². The summed E-state index contributed by atoms with van der Waals surface area (Å²) in [7, 11) is 1.80. The van der Waals surface area contributed by atoms with Gasteiger partial charge in [-0.2, -0.15) is 0 Å². The first-order valence-electron chi connectivity index (χ1n) is 3.94. The van der Waals surface area contributed by atoms with Crippen LogP contribution in [0, 0.1) is 0 Å². The van der Waals surface area contributed by atoms with Gasteiger partial charge in [-0.15, -0.1) is 0 Å². The molecule has 0 radical (unpaired) electrons. The summed E-state index contributed by atoms with van der Waals surface area (Å²) in [5.41, 5.74) is 0. The molecule has 3 nitrogen and oxygen atoms in total. The van der Waals surface area contributed by atoms with Crippen LogP contribution in [0.15, 0.2) is 12.4 Å². The molecular formula is C7H10IN3S. The fourth-order valence-electron chi connectivity index (χ4n) is 1.40. The number of rotatable bonds is 1. The Morgan fingerprint density at radius 2 is 2.33 bits per heavy atom. The predicted molar refractivity (Wildman–Crippen MR) is 59.1 cm³/mol. The number of aromatic nitrogens is 2. The molecule has 0 saturated heterocycles. The van der Waals surface area contributed by atoms with Crippen LogP contribution in [0.2, 0.25) is 0 Å². The lowest BCUT2D eigenvalue weighted by Gasteiger charge is -2.12. The summed E-state index contributed by atoms with van der Waals surface area (Å²) in [5, 5.41) is 0. The van der Waals surface area contributed by atoms with Gasteiger partial charge in [-0.05, 0) is 9.12 Å². The average Bonchev–Trinajstić information content (AvgIpc) is 2.46. The van der Waals surface area contributed by atoms with Gasteiger partial charge in [-0.3, -0.25) is 0 Å². The largest absolute Gasteiger partial charge is 0.334 e. The van der Waals surface area contributed by atoms with Gasteiger partial charge in [0.15, 0.2) is 0 Å². The molecule has 0 N–H and O–H groups in total. The summed E-state index contributed by atoms with van der Waals surface area (Å²) in [5.74, 6) is 1.22. The maximum atomic E-state index is 4.31. The quantitative estimate of drug-likeness (QED) is 0.582. The van der Waals surface area contributed by atoms with Crippen LogP contribution in [0.3, 0.4) is 0 Å². The Hall–Kier alpha value is 0.250. The molecule has 2 heterocycles. The lowest BCUT2D eigenvalue weighted by molar-refractivity contribution is 0.479. The van der Waals surface area contributed by atoms with E-state index in [2.05, 4.69) is 41.3 Å². The highest BCUT2D eigenvalue weighted by atomic mass is 127. The molecule has 1 aromatic rings. The molecule has 5 heteroatoms. The van der Waals surface area contributed by atoms with Crippen molar-refractivity contribution in [2.75, 3.05) is 13.1 Å². The smallest absolute Gasteiger partial charge is 0.109 e. The van der Waals surface area contributed by atoms with Gasteiger partial charge >= 0.3 is 0 Å². The molecule has 0 aromatic carbocycles. The molecule has 0 saturated carbocycles. The average molecular weight is 295 g/mol. The van der Waals surface area contributed by atoms with Crippen LogP contribution in [-0.2, 0) is 13.0 Å². The molecule has 1 aliphatic rings. The van der Waals surface area contributed by atoms with Crippen molar-refractivity contribution in [2.24, 2.45) is 0 Å². The molecule has 2 rings (SSSR count). The summed E-state index contributed by atoms with van der Waals surface area (Å²) < 4.78 is 4.61. The van der Waals surface area contributed by atoms with Gasteiger partial charge < -0.3 is 4.57 Å². The topological polar surface area (TPSA) is 21.1 Å². The highest BCUT2D eigenvalue weighted by molar-refractivity contribution is 14.2. The molecule has 1 aliphatic heterocycles. The van der Waals surface area contributed by atoms with Crippen LogP contribution in [0.25, 0.3) is 0 Å². The van der Waals surface area contributed by atoms with E-state index in [1.165, 1.54) is 5.82 Å². The molecule has 0 atom stereocenters. The monoisotopic (exact) mass is 295 g/mol. The van der Waals surface area contributed by atoms with Gasteiger partial charge in [0.25, 0.3) is 0 Å². The molecule has 0 spiro atoms. The third kappa shape index (κ3) is 1.77. The second-order valence-corrected chi connectivity index (χ2v) is 4.62. The Labute approximate surface area is 88.3 Å². The van der Waals surface area contributed by atoms with Crippen molar-refractivity contribution in [3.05, 3.63) is 18.2 Å². The van der Waals surface area contributed by atoms with E-state index < -0.39 is 0 Å². The minimum atomic E-state index is 1.07. The molecule has 1 aromatic heterocycles. The van der Waals surface area contributed by atoms with Crippen molar-refractivity contribution in [2.45, 2.75) is 13.0 Å². The Kier molecular flexibility index (Phi) is 2.92. The van der Waals surface area contributed by atoms with E-state index in [0.717, 1.165) is 26.1 Å². The first-order valence-corrected chi connectivity index (χ1v) is 7.25. The zero-order chi connectivity index (χ0) is 8.39. The van der Waals surface area contributed by atoms with Crippen molar-refractivity contribution in [3.63, 3.8) is 0 Å². The Morgan fingerprint density at radius 1 is 1.42 bits per heavy atom. The van der Waals surface area contributed by atoms with E-state index in [9.17, 15) is 0 Å². The summed E-state index contributed by atoms with van der Waals surface area (Å²) in [4.78, 5) is 4.31. The van der Waals surface area contributed by atoms with Crippen LogP contribution in [-0.4, -0.2) is 26.9 Å². The second-order valence-electron chi connectivity index (χ2n) is 2.78. The molecule has 66 valence electrons. The minimum absolute atomic E-state index is 1.07. The van der Waals surface area contributed by atoms with Crippen molar-refractivity contribution >= 4 is 30.3 Å². The minimum Gasteiger partial charge on any atom is -0.334 e. The van der Waals surface area contributed by atoms with E-state index in [-0.39, 0.29) is 0 Å². The van der Waals surface area contributed by atoms with Gasteiger partial charge in [-0.1, -0.05) is 0 Å². The highest BCUT2D eigenvalue weighted by Crippen LogP contribution is 2.20. The predicted octanol–water partition coefficient (Wildman–Crippen LogP) is 1.74. The first kappa shape index (κ1) is 8.83. The molecular weight excluding hydrogens is 285 g/mol. The third-order valence-electron chi connectivity index (χ3n) is 2.07. The fourth-order valence-corrected chi connectivity index (χ4v) is 2.89. The summed E-state index contributed by atoms with van der Waals surface area (Å²) >= 11 is 2.33. The lowest BCUT2D eigenvalue weighted by Crippen LogP contribution is -2.17. The number of fused-ring (bicyclic) bond motifs is 1. The number of halogens is 1. The lowest BCUT2D eigenvalue weighted by atomic mass is 10.4. The van der Waals surface area contributed by atoms with E-state index in [0.29, 0.717) is 0 Å². The van der Waals surface area contributed by atoms with Crippen molar-refractivity contribution in [3.8, 4) is 0 Å². The van der Waals surface area contributed by atoms with Crippen molar-refractivity contribution < 1.29 is 0 Å². The van der Waals surface area contributed by atoms with Crippen LogP contribution >= 0.6 is 30.3 Å². The van der Waals surface area contributed by atoms with Crippen LogP contribution in [0.1, 0.15) is 5.82 Å². The standard InChI is InChI=1S/C7H10IN3S/c8-12-11-3-1-7-9-2-4-10(7)5-6-11/h2,4H,1,3,5-6H2. The fraction of sp³-hybridized carbons (Fsp3) is 0.571. The Morgan fingerprint density at radius 3 is 3.17 bits per heavy atom. The highest BCUT2D eigenvalue weighted by Gasteiger charge is 2.12. The molecule has 0 unspecified atom stereocenters. The summed E-state index contributed by atoms with van der Waals surface area (Å²) in [6, 6.07) is 0. The van der Waals surface area contributed by atoms with Crippen molar-refractivity contribution in [1.82, 2.24) is 13.9 Å². The molecule has 0 fully saturated rings. The normalized spacial score (nSPS) is 18.8. The zero-order valence-electron chi connectivity index (χ0n) is 6.61. The SMILES string of the molecule is ISN1CCc2nccn2CC1. The van der Waals surface area contributed by atoms with Gasteiger partial charge in [-0.25, -0.2) is 9.29 Å². The number of hydrogen-bond acceptors (Lipinski definition) is 3. The van der Waals surface area contributed by atoms with Gasteiger partial charge in [0.2, 0.25) is 0 Å². The summed E-state index contributed by atoms with van der Waals surface area (Å²) in [6.45, 7) is 3.31. The van der Waals surface area contributed by atoms with E-state index in [4.69, 9.17) is 0 Å². The third-order valence-corrected chi connectivity index (χ3v) is 4.31. The van der Waals surface area contributed by atoms with Gasteiger partial charge in [0.1, 0.15) is 5.82 Å². The second kappa shape index (κ2) is 3.97. The molecule has 12 heavy (non-hydrogen) atoms. The Balaban J connectivity index is 2.10. The number of imidazole rings is 1. The van der Waals surface area contributed by atoms with Crippen LogP contribution in [0.4, 0.5) is 0 Å². The van der Waals surface area contributed by atoms with E-state index in [1.54, 1.807) is 9.12 Å². The maximum Gasteiger partial charge on any atom is 0.109 e. The molecule has 0 amide bonds. The van der Waals surface area contributed by atoms with E-state index >= 15 is 0 Å². The Bertz CT molecular complexity index is 240. The van der Waals surface area contributed by atoms with Gasteiger partial charge in [0, 0.05) is 59.7 Å². The van der Waals surface area contributed by atoms with Crippen LogP contribution < -0.4 is 0 Å². The van der Waals surface area contributed by atoms with E-state index in [1.807, 2.05) is 6.20 Å². The zero-order valence-corrected chi connectivity index (χ0v) is 9.58. The number of nitrogens with zero attached hydrogens (tertiary/aromatic N) is 3. The maximum absolute atomic E-state index is 4.31. The van der Waals surface area contributed by atoms with Gasteiger partial charge in [0.05, 0.1) is 0 Å². The molecule has 0 bridgehead atoms. The molecule has 0 aliphatic carbocycles. The van der Waals surface area contributed by atoms with Crippen molar-refractivity contribution in [1.29, 1.82) is 0 Å². The number of hydrogen-bond donors (Lipinski definition) is 0.